The van der Waals surface area contributed by atoms with Gasteiger partial charge in [-0.25, -0.2) is 0 Å². The van der Waals surface area contributed by atoms with E-state index in [9.17, 15) is 4.79 Å². The summed E-state index contributed by atoms with van der Waals surface area (Å²) in [5, 5.41) is 0. The summed E-state index contributed by atoms with van der Waals surface area (Å²) in [6, 6.07) is 0. The van der Waals surface area contributed by atoms with Crippen LogP contribution in [0.2, 0.25) is 0 Å². The molecule has 0 saturated heterocycles. The van der Waals surface area contributed by atoms with Gasteiger partial charge in [-0.05, 0) is 39.9 Å². The molecule has 0 radical (unpaired) electrons. The van der Waals surface area contributed by atoms with Gasteiger partial charge >= 0.3 is 0 Å². The van der Waals surface area contributed by atoms with Crippen molar-refractivity contribution in [1.82, 2.24) is 0 Å². The predicted molar refractivity (Wildman–Crippen MR) is 58.2 cm³/mol. The number of fused-ring (bicyclic) bond motifs is 2. The highest BCUT2D eigenvalue weighted by Gasteiger charge is 2.38. The first-order valence-electron chi connectivity index (χ1n) is 4.92. The zero-order valence-electron chi connectivity index (χ0n) is 8.29. The first kappa shape index (κ1) is 10.1. The first-order chi connectivity index (χ1) is 6.65. The van der Waals surface area contributed by atoms with Crippen LogP contribution in [-0.2, 0) is 9.53 Å². The number of ketones is 1. The van der Waals surface area contributed by atoms with Crippen molar-refractivity contribution in [3.8, 4) is 0 Å². The molecule has 0 amide bonds. The summed E-state index contributed by atoms with van der Waals surface area (Å²) < 4.78 is 6.30. The van der Waals surface area contributed by atoms with Crippen molar-refractivity contribution in [1.29, 1.82) is 0 Å². The summed E-state index contributed by atoms with van der Waals surface area (Å²) in [5.41, 5.74) is 1.10. The minimum atomic E-state index is -0.345. The van der Waals surface area contributed by atoms with Gasteiger partial charge in [0.2, 0.25) is 5.78 Å². The van der Waals surface area contributed by atoms with Gasteiger partial charge < -0.3 is 4.74 Å². The maximum Gasteiger partial charge on any atom is 0.202 e. The van der Waals surface area contributed by atoms with E-state index in [1.165, 1.54) is 0 Å². The Kier molecular flexibility index (Phi) is 2.62. The van der Waals surface area contributed by atoms with Crippen LogP contribution in [0.5, 0.6) is 0 Å². The molecule has 2 rings (SSSR count). The lowest BCUT2D eigenvalue weighted by Gasteiger charge is -2.27. The Labute approximate surface area is 92.1 Å². The van der Waals surface area contributed by atoms with Crippen LogP contribution in [0.25, 0.3) is 0 Å². The quantitative estimate of drug-likeness (QED) is 0.711. The molecule has 14 heavy (non-hydrogen) atoms. The highest BCUT2D eigenvalue weighted by atomic mass is 79.9. The van der Waals surface area contributed by atoms with Gasteiger partial charge in [0.25, 0.3) is 0 Å². The van der Waals surface area contributed by atoms with Crippen LogP contribution in [0.3, 0.4) is 0 Å². The monoisotopic (exact) mass is 256 g/mol. The van der Waals surface area contributed by atoms with Crippen LogP contribution in [0.15, 0.2) is 22.2 Å². The average molecular weight is 257 g/mol. The van der Waals surface area contributed by atoms with E-state index in [0.717, 1.165) is 16.5 Å². The third-order valence-corrected chi connectivity index (χ3v) is 3.78. The van der Waals surface area contributed by atoms with Gasteiger partial charge in [0.1, 0.15) is 6.10 Å². The third-order valence-electron chi connectivity index (χ3n) is 2.93. The number of rotatable bonds is 2. The van der Waals surface area contributed by atoms with Crippen molar-refractivity contribution in [3.63, 3.8) is 0 Å². The molecule has 2 bridgehead atoms. The highest BCUT2D eigenvalue weighted by Crippen LogP contribution is 2.37. The van der Waals surface area contributed by atoms with E-state index in [0.29, 0.717) is 5.92 Å². The van der Waals surface area contributed by atoms with Gasteiger partial charge in [0.15, 0.2) is 0 Å². The average Bonchev–Trinajstić information content (AvgIpc) is 2.61. The molecule has 3 heteroatoms. The number of halogens is 1. The molecule has 2 nitrogen and oxygen atoms in total. The van der Waals surface area contributed by atoms with E-state index in [1.807, 2.05) is 12.2 Å². The molecule has 0 N–H and O–H groups in total. The Morgan fingerprint density at radius 3 is 2.79 bits per heavy atom. The second-order valence-electron chi connectivity index (χ2n) is 3.81. The molecule has 1 unspecified atom stereocenters. The topological polar surface area (TPSA) is 26.3 Å². The Bertz CT molecular complexity index is 330. The van der Waals surface area contributed by atoms with Crippen molar-refractivity contribution in [2.45, 2.75) is 32.5 Å². The van der Waals surface area contributed by atoms with Gasteiger partial charge in [-0.2, -0.15) is 0 Å². The zero-order valence-corrected chi connectivity index (χ0v) is 9.87. The summed E-state index contributed by atoms with van der Waals surface area (Å²) in [7, 11) is 0. The van der Waals surface area contributed by atoms with Gasteiger partial charge in [-0.15, -0.1) is 0 Å². The largest absolute Gasteiger partial charge is 0.354 e. The summed E-state index contributed by atoms with van der Waals surface area (Å²) in [4.78, 5) is 11.7. The molecule has 0 aromatic rings. The lowest BCUT2D eigenvalue weighted by Crippen LogP contribution is -2.31. The maximum atomic E-state index is 11.7. The molecule has 0 aromatic heterocycles. The lowest BCUT2D eigenvalue weighted by molar-refractivity contribution is -0.124. The van der Waals surface area contributed by atoms with Gasteiger partial charge in [-0.1, -0.05) is 19.9 Å². The molecule has 2 aliphatic rings. The fourth-order valence-electron chi connectivity index (χ4n) is 1.89. The van der Waals surface area contributed by atoms with Crippen LogP contribution in [0.4, 0.5) is 0 Å². The summed E-state index contributed by atoms with van der Waals surface area (Å²) in [5.74, 6) is 0.451. The molecule has 3 atom stereocenters. The van der Waals surface area contributed by atoms with E-state index in [-0.39, 0.29) is 18.0 Å². The van der Waals surface area contributed by atoms with Crippen molar-refractivity contribution in [3.05, 3.63) is 22.2 Å². The van der Waals surface area contributed by atoms with Crippen LogP contribution in [-0.4, -0.2) is 18.0 Å². The lowest BCUT2D eigenvalue weighted by atomic mass is 9.92. The molecular formula is C11H13BrO2. The second-order valence-corrected chi connectivity index (χ2v) is 4.60. The van der Waals surface area contributed by atoms with E-state index in [2.05, 4.69) is 29.8 Å². The summed E-state index contributed by atoms with van der Waals surface area (Å²) >= 11 is 3.39. The molecular weight excluding hydrogens is 244 g/mol. The molecule has 2 heterocycles. The van der Waals surface area contributed by atoms with E-state index < -0.39 is 0 Å². The van der Waals surface area contributed by atoms with E-state index in [1.54, 1.807) is 0 Å². The number of Topliss-reactive ketones (excluding diaryl/α,β-unsaturated/α-hetero) is 1. The molecule has 0 aliphatic carbocycles. The van der Waals surface area contributed by atoms with Crippen LogP contribution < -0.4 is 0 Å². The molecule has 0 aromatic carbocycles. The maximum absolute atomic E-state index is 11.7. The fourth-order valence-corrected chi connectivity index (χ4v) is 2.73. The Balaban J connectivity index is 2.40. The number of hydrogen-bond donors (Lipinski definition) is 0. The van der Waals surface area contributed by atoms with Crippen LogP contribution in [0, 0.1) is 5.92 Å². The van der Waals surface area contributed by atoms with Gasteiger partial charge in [0.05, 0.1) is 10.6 Å². The third kappa shape index (κ3) is 1.39. The number of carbonyl (C=O) groups excluding carboxylic acids is 1. The normalized spacial score (nSPS) is 32.6. The molecule has 0 saturated carbocycles. The Hall–Kier alpha value is -0.410. The zero-order chi connectivity index (χ0) is 10.3. The Morgan fingerprint density at radius 2 is 2.14 bits per heavy atom. The second kappa shape index (κ2) is 3.63. The van der Waals surface area contributed by atoms with Crippen LogP contribution in [0.1, 0.15) is 20.3 Å². The molecule has 76 valence electrons. The summed E-state index contributed by atoms with van der Waals surface area (Å²) in [6.07, 6.45) is 4.53. The SMILES string of the molecule is CCC(C)C1=C(Br)C(=O)[C@@H]2C=C[C@H]1O2. The van der Waals surface area contributed by atoms with Gasteiger partial charge in [-0.3, -0.25) is 4.79 Å². The fraction of sp³-hybridized carbons (Fsp3) is 0.545. The van der Waals surface area contributed by atoms with Crippen molar-refractivity contribution in [2.24, 2.45) is 5.92 Å². The van der Waals surface area contributed by atoms with Crippen molar-refractivity contribution < 1.29 is 9.53 Å². The minimum Gasteiger partial charge on any atom is -0.354 e. The number of carbonyl (C=O) groups is 1. The van der Waals surface area contributed by atoms with E-state index in [4.69, 9.17) is 4.74 Å². The van der Waals surface area contributed by atoms with Crippen LogP contribution >= 0.6 is 15.9 Å². The smallest absolute Gasteiger partial charge is 0.202 e. The van der Waals surface area contributed by atoms with Crippen molar-refractivity contribution >= 4 is 21.7 Å². The number of hydrogen-bond acceptors (Lipinski definition) is 2. The van der Waals surface area contributed by atoms with E-state index >= 15 is 0 Å². The standard InChI is InChI=1S/C11H13BrO2/c1-3-6(2)9-7-4-5-8(14-7)11(13)10(9)12/h4-8H,3H2,1-2H3/t6?,7-,8+/m1/s1. The molecule has 0 fully saturated rings. The Morgan fingerprint density at radius 1 is 1.50 bits per heavy atom. The first-order valence-corrected chi connectivity index (χ1v) is 5.72. The number of ether oxygens (including phenoxy) is 1. The molecule has 2 aliphatic heterocycles. The highest BCUT2D eigenvalue weighted by molar-refractivity contribution is 9.12. The van der Waals surface area contributed by atoms with Crippen molar-refractivity contribution in [2.75, 3.05) is 0 Å². The molecule has 0 spiro atoms. The summed E-state index contributed by atoms with van der Waals surface area (Å²) in [6.45, 7) is 4.24. The minimum absolute atomic E-state index is 0.0158. The predicted octanol–water partition coefficient (Wildman–Crippen LogP) is 2.59. The van der Waals surface area contributed by atoms with Gasteiger partial charge in [0, 0.05) is 0 Å².